The molecular formula is C17H17N3O3. The average molecular weight is 311 g/mol. The lowest BCUT2D eigenvalue weighted by molar-refractivity contribution is -0.114. The molecule has 0 aliphatic heterocycles. The predicted molar refractivity (Wildman–Crippen MR) is 88.6 cm³/mol. The molecule has 0 unspecified atom stereocenters. The number of anilines is 1. The van der Waals surface area contributed by atoms with Crippen LogP contribution in [0.4, 0.5) is 5.69 Å². The normalized spacial score (nSPS) is 10.9. The number of carbonyl (C=O) groups excluding carboxylic acids is 2. The van der Waals surface area contributed by atoms with Crippen LogP contribution in [0.2, 0.25) is 0 Å². The molecule has 118 valence electrons. The van der Waals surface area contributed by atoms with Crippen LogP contribution in [0.5, 0.6) is 0 Å². The predicted octanol–water partition coefficient (Wildman–Crippen LogP) is 3.16. The highest BCUT2D eigenvalue weighted by Crippen LogP contribution is 2.29. The summed E-state index contributed by atoms with van der Waals surface area (Å²) in [7, 11) is 0. The van der Waals surface area contributed by atoms with Crippen molar-refractivity contribution in [3.8, 4) is 0 Å². The minimum Gasteiger partial charge on any atom is -0.461 e. The standard InChI is InChI=1S/C17H17N3O3/c1-4-23-17(22)15-8-13-12-6-5-11(19-10(3)21)7-14(12)20-16(13)9(2)18-15/h5-8,20H,4H2,1-3H3,(H,19,21). The third-order valence-corrected chi connectivity index (χ3v) is 3.57. The molecule has 3 rings (SSSR count). The molecule has 1 aromatic carbocycles. The van der Waals surface area contributed by atoms with E-state index in [0.29, 0.717) is 18.0 Å². The lowest BCUT2D eigenvalue weighted by Crippen LogP contribution is -2.07. The van der Waals surface area contributed by atoms with Gasteiger partial charge in [0.1, 0.15) is 5.69 Å². The van der Waals surface area contributed by atoms with Crippen LogP contribution in [0, 0.1) is 6.92 Å². The van der Waals surface area contributed by atoms with Crippen LogP contribution < -0.4 is 5.32 Å². The third kappa shape index (κ3) is 2.75. The van der Waals surface area contributed by atoms with E-state index in [1.54, 1.807) is 13.0 Å². The van der Waals surface area contributed by atoms with E-state index in [-0.39, 0.29) is 5.91 Å². The fourth-order valence-corrected chi connectivity index (χ4v) is 2.65. The summed E-state index contributed by atoms with van der Waals surface area (Å²) in [4.78, 5) is 30.7. The maximum atomic E-state index is 11.9. The Hall–Kier alpha value is -2.89. The van der Waals surface area contributed by atoms with Crippen LogP contribution >= 0.6 is 0 Å². The Bertz CT molecular complexity index is 928. The van der Waals surface area contributed by atoms with Crippen LogP contribution in [0.1, 0.15) is 30.0 Å². The highest BCUT2D eigenvalue weighted by molar-refractivity contribution is 6.10. The lowest BCUT2D eigenvalue weighted by Gasteiger charge is -2.03. The molecule has 2 heterocycles. The smallest absolute Gasteiger partial charge is 0.356 e. The van der Waals surface area contributed by atoms with E-state index in [1.807, 2.05) is 25.1 Å². The van der Waals surface area contributed by atoms with Crippen LogP contribution in [0.3, 0.4) is 0 Å². The molecule has 0 atom stereocenters. The van der Waals surface area contributed by atoms with Gasteiger partial charge in [-0.05, 0) is 32.0 Å². The van der Waals surface area contributed by atoms with Gasteiger partial charge in [0.05, 0.1) is 17.8 Å². The summed E-state index contributed by atoms with van der Waals surface area (Å²) in [6.07, 6.45) is 0. The number of fused-ring (bicyclic) bond motifs is 3. The number of pyridine rings is 1. The number of rotatable bonds is 3. The van der Waals surface area contributed by atoms with Crippen molar-refractivity contribution in [2.24, 2.45) is 0 Å². The third-order valence-electron chi connectivity index (χ3n) is 3.57. The van der Waals surface area contributed by atoms with Gasteiger partial charge >= 0.3 is 5.97 Å². The van der Waals surface area contributed by atoms with Gasteiger partial charge in [-0.15, -0.1) is 0 Å². The van der Waals surface area contributed by atoms with Crippen molar-refractivity contribution in [2.75, 3.05) is 11.9 Å². The Balaban J connectivity index is 2.17. The van der Waals surface area contributed by atoms with E-state index in [2.05, 4.69) is 15.3 Å². The first-order chi connectivity index (χ1) is 11.0. The van der Waals surface area contributed by atoms with Gasteiger partial charge < -0.3 is 15.0 Å². The highest BCUT2D eigenvalue weighted by atomic mass is 16.5. The summed E-state index contributed by atoms with van der Waals surface area (Å²) in [6.45, 7) is 5.38. The minimum atomic E-state index is -0.429. The van der Waals surface area contributed by atoms with Crippen molar-refractivity contribution in [1.82, 2.24) is 9.97 Å². The maximum Gasteiger partial charge on any atom is 0.356 e. The molecule has 0 spiro atoms. The van der Waals surface area contributed by atoms with Crippen LogP contribution in [0.25, 0.3) is 21.8 Å². The zero-order valence-electron chi connectivity index (χ0n) is 13.2. The number of nitrogens with one attached hydrogen (secondary N) is 2. The van der Waals surface area contributed by atoms with Crippen LogP contribution in [-0.2, 0) is 9.53 Å². The number of benzene rings is 1. The number of nitrogens with zero attached hydrogens (tertiary/aromatic N) is 1. The van der Waals surface area contributed by atoms with Crippen LogP contribution in [-0.4, -0.2) is 28.5 Å². The highest BCUT2D eigenvalue weighted by Gasteiger charge is 2.15. The number of ether oxygens (including phenoxy) is 1. The van der Waals surface area contributed by atoms with Crippen molar-refractivity contribution in [2.45, 2.75) is 20.8 Å². The zero-order valence-corrected chi connectivity index (χ0v) is 13.2. The van der Waals surface area contributed by atoms with Crippen molar-refractivity contribution < 1.29 is 14.3 Å². The number of H-pyrrole nitrogens is 1. The second-order valence-electron chi connectivity index (χ2n) is 5.30. The molecule has 1 amide bonds. The molecule has 6 heteroatoms. The fourth-order valence-electron chi connectivity index (χ4n) is 2.65. The number of amides is 1. The van der Waals surface area contributed by atoms with Gasteiger partial charge in [-0.25, -0.2) is 9.78 Å². The minimum absolute atomic E-state index is 0.122. The molecule has 6 nitrogen and oxygen atoms in total. The van der Waals surface area contributed by atoms with E-state index in [0.717, 1.165) is 27.5 Å². The first-order valence-corrected chi connectivity index (χ1v) is 7.37. The number of hydrogen-bond donors (Lipinski definition) is 2. The van der Waals surface area contributed by atoms with E-state index in [4.69, 9.17) is 4.74 Å². The summed E-state index contributed by atoms with van der Waals surface area (Å²) >= 11 is 0. The topological polar surface area (TPSA) is 84.1 Å². The summed E-state index contributed by atoms with van der Waals surface area (Å²) in [5.41, 5.74) is 3.48. The van der Waals surface area contributed by atoms with Crippen LogP contribution in [0.15, 0.2) is 24.3 Å². The Labute approximate surface area is 132 Å². The second kappa shape index (κ2) is 5.72. The van der Waals surface area contributed by atoms with E-state index >= 15 is 0 Å². The SMILES string of the molecule is CCOC(=O)c1cc2c([nH]c3cc(NC(C)=O)ccc32)c(C)n1. The monoisotopic (exact) mass is 311 g/mol. The Morgan fingerprint density at radius 1 is 1.26 bits per heavy atom. The van der Waals surface area contributed by atoms with Gasteiger partial charge in [0.2, 0.25) is 5.91 Å². The molecular weight excluding hydrogens is 294 g/mol. The summed E-state index contributed by atoms with van der Waals surface area (Å²) in [6, 6.07) is 7.34. The van der Waals surface area contributed by atoms with Crippen molar-refractivity contribution in [3.63, 3.8) is 0 Å². The van der Waals surface area contributed by atoms with Gasteiger partial charge in [-0.1, -0.05) is 6.07 Å². The Kier molecular flexibility index (Phi) is 3.73. The number of aromatic nitrogens is 2. The van der Waals surface area contributed by atoms with Gasteiger partial charge in [0.25, 0.3) is 0 Å². The van der Waals surface area contributed by atoms with Gasteiger partial charge in [-0.3, -0.25) is 4.79 Å². The molecule has 0 fully saturated rings. The number of hydrogen-bond acceptors (Lipinski definition) is 4. The van der Waals surface area contributed by atoms with Gasteiger partial charge in [-0.2, -0.15) is 0 Å². The summed E-state index contributed by atoms with van der Waals surface area (Å²) < 4.78 is 5.02. The lowest BCUT2D eigenvalue weighted by atomic mass is 10.1. The summed E-state index contributed by atoms with van der Waals surface area (Å²) in [5.74, 6) is -0.551. The molecule has 0 bridgehead atoms. The van der Waals surface area contributed by atoms with E-state index < -0.39 is 5.97 Å². The molecule has 2 aromatic heterocycles. The van der Waals surface area contributed by atoms with Crippen molar-refractivity contribution >= 4 is 39.4 Å². The maximum absolute atomic E-state index is 11.9. The molecule has 0 radical (unpaired) electrons. The molecule has 0 saturated heterocycles. The molecule has 0 saturated carbocycles. The Morgan fingerprint density at radius 3 is 2.74 bits per heavy atom. The first kappa shape index (κ1) is 15.0. The average Bonchev–Trinajstić information content (AvgIpc) is 2.85. The quantitative estimate of drug-likeness (QED) is 0.728. The number of aromatic amines is 1. The Morgan fingerprint density at radius 2 is 2.04 bits per heavy atom. The second-order valence-corrected chi connectivity index (χ2v) is 5.30. The molecule has 23 heavy (non-hydrogen) atoms. The zero-order chi connectivity index (χ0) is 16.6. The number of aryl methyl sites for hydroxylation is 1. The molecule has 0 aliphatic rings. The van der Waals surface area contributed by atoms with Gasteiger partial charge in [0, 0.05) is 28.9 Å². The van der Waals surface area contributed by atoms with E-state index in [1.165, 1.54) is 6.92 Å². The fraction of sp³-hybridized carbons (Fsp3) is 0.235. The summed E-state index contributed by atoms with van der Waals surface area (Å²) in [5, 5.41) is 4.62. The van der Waals surface area contributed by atoms with Crippen molar-refractivity contribution in [3.05, 3.63) is 35.7 Å². The van der Waals surface area contributed by atoms with Crippen molar-refractivity contribution in [1.29, 1.82) is 0 Å². The molecule has 2 N–H and O–H groups in total. The molecule has 0 aliphatic carbocycles. The van der Waals surface area contributed by atoms with Gasteiger partial charge in [0.15, 0.2) is 0 Å². The van der Waals surface area contributed by atoms with E-state index in [9.17, 15) is 9.59 Å². The largest absolute Gasteiger partial charge is 0.461 e. The first-order valence-electron chi connectivity index (χ1n) is 7.37. The number of esters is 1. The number of carbonyl (C=O) groups is 2. The molecule has 3 aromatic rings.